The minimum Gasteiger partial charge on any atom is -0.345 e. The maximum atomic E-state index is 12.0. The molecule has 2 rings (SSSR count). The molecule has 1 amide bonds. The fourth-order valence-electron chi connectivity index (χ4n) is 1.78. The lowest BCUT2D eigenvalue weighted by molar-refractivity contribution is 0.0939. The number of rotatable bonds is 3. The van der Waals surface area contributed by atoms with Gasteiger partial charge < -0.3 is 10.3 Å². The molecule has 2 heterocycles. The molecule has 0 radical (unpaired) electrons. The molecule has 0 saturated carbocycles. The average molecular weight is 276 g/mol. The first-order chi connectivity index (χ1) is 8.97. The van der Waals surface area contributed by atoms with E-state index in [9.17, 15) is 9.59 Å². The van der Waals surface area contributed by atoms with Crippen LogP contribution in [0.4, 0.5) is 0 Å². The summed E-state index contributed by atoms with van der Waals surface area (Å²) in [7, 11) is 0. The Morgan fingerprint density at radius 3 is 2.58 bits per heavy atom. The first kappa shape index (κ1) is 13.5. The molecular weight excluding hydrogens is 260 g/mol. The van der Waals surface area contributed by atoms with Crippen molar-refractivity contribution in [1.82, 2.24) is 10.3 Å². The van der Waals surface area contributed by atoms with Crippen molar-refractivity contribution < 1.29 is 4.79 Å². The second-order valence-corrected chi connectivity index (χ2v) is 5.85. The zero-order chi connectivity index (χ0) is 14.0. The summed E-state index contributed by atoms with van der Waals surface area (Å²) in [6, 6.07) is 7.17. The fourth-order valence-corrected chi connectivity index (χ4v) is 2.66. The molecule has 0 aliphatic carbocycles. The van der Waals surface area contributed by atoms with Gasteiger partial charge in [0.1, 0.15) is 5.56 Å². The van der Waals surface area contributed by atoms with Crippen molar-refractivity contribution in [2.75, 3.05) is 0 Å². The van der Waals surface area contributed by atoms with Gasteiger partial charge in [0.15, 0.2) is 0 Å². The molecule has 0 aliphatic heterocycles. The van der Waals surface area contributed by atoms with Crippen LogP contribution in [0.1, 0.15) is 38.8 Å². The molecule has 0 saturated heterocycles. The number of hydrogen-bond acceptors (Lipinski definition) is 3. The molecule has 2 aromatic rings. The predicted molar refractivity (Wildman–Crippen MR) is 76.7 cm³/mol. The van der Waals surface area contributed by atoms with Crippen LogP contribution >= 0.6 is 11.3 Å². The van der Waals surface area contributed by atoms with Crippen LogP contribution in [0.15, 0.2) is 29.1 Å². The van der Waals surface area contributed by atoms with Crippen LogP contribution in [0.3, 0.4) is 0 Å². The van der Waals surface area contributed by atoms with Crippen LogP contribution in [-0.4, -0.2) is 10.9 Å². The van der Waals surface area contributed by atoms with E-state index in [2.05, 4.69) is 10.3 Å². The van der Waals surface area contributed by atoms with Crippen LogP contribution in [0.2, 0.25) is 0 Å². The van der Waals surface area contributed by atoms with Crippen LogP contribution in [0, 0.1) is 13.8 Å². The smallest absolute Gasteiger partial charge is 0.260 e. The summed E-state index contributed by atoms with van der Waals surface area (Å²) in [5.74, 6) is -0.347. The van der Waals surface area contributed by atoms with Crippen molar-refractivity contribution in [1.29, 1.82) is 0 Å². The van der Waals surface area contributed by atoms with E-state index in [0.29, 0.717) is 0 Å². The second kappa shape index (κ2) is 5.40. The van der Waals surface area contributed by atoms with E-state index in [1.807, 2.05) is 26.0 Å². The molecule has 0 fully saturated rings. The largest absolute Gasteiger partial charge is 0.345 e. The minimum atomic E-state index is -0.355. The molecule has 0 unspecified atom stereocenters. The molecule has 1 atom stereocenters. The first-order valence-electron chi connectivity index (χ1n) is 6.04. The van der Waals surface area contributed by atoms with E-state index in [1.54, 1.807) is 30.4 Å². The summed E-state index contributed by atoms with van der Waals surface area (Å²) in [6.07, 6.45) is 0. The molecule has 100 valence electrons. The van der Waals surface area contributed by atoms with E-state index in [-0.39, 0.29) is 23.1 Å². The van der Waals surface area contributed by atoms with E-state index < -0.39 is 0 Å². The Balaban J connectivity index is 2.15. The van der Waals surface area contributed by atoms with Gasteiger partial charge >= 0.3 is 0 Å². The number of aryl methyl sites for hydroxylation is 2. The molecule has 0 aliphatic rings. The Morgan fingerprint density at radius 2 is 2.00 bits per heavy atom. The Hall–Kier alpha value is -1.88. The summed E-state index contributed by atoms with van der Waals surface area (Å²) in [5.41, 5.74) is 0.529. The highest BCUT2D eigenvalue weighted by molar-refractivity contribution is 7.12. The van der Waals surface area contributed by atoms with Gasteiger partial charge in [-0.1, -0.05) is 0 Å². The SMILES string of the molecule is Cc1ccc(C(=O)N[C@@H](C)c2ccc(C)s2)c(=O)[nH]1. The summed E-state index contributed by atoms with van der Waals surface area (Å²) in [4.78, 5) is 28.6. The topological polar surface area (TPSA) is 62.0 Å². The van der Waals surface area contributed by atoms with Crippen LogP contribution in [0.25, 0.3) is 0 Å². The molecule has 0 spiro atoms. The van der Waals surface area contributed by atoms with Gasteiger partial charge in [-0.25, -0.2) is 0 Å². The van der Waals surface area contributed by atoms with Crippen molar-refractivity contribution in [2.24, 2.45) is 0 Å². The number of aromatic amines is 1. The van der Waals surface area contributed by atoms with E-state index >= 15 is 0 Å². The van der Waals surface area contributed by atoms with Crippen molar-refractivity contribution in [3.63, 3.8) is 0 Å². The predicted octanol–water partition coefficient (Wildman–Crippen LogP) is 2.54. The van der Waals surface area contributed by atoms with Gasteiger partial charge in [-0.2, -0.15) is 0 Å². The van der Waals surface area contributed by atoms with Crippen molar-refractivity contribution in [3.05, 3.63) is 55.6 Å². The number of pyridine rings is 1. The molecule has 19 heavy (non-hydrogen) atoms. The van der Waals surface area contributed by atoms with E-state index in [1.165, 1.54) is 4.88 Å². The van der Waals surface area contributed by atoms with Gasteiger partial charge in [-0.3, -0.25) is 9.59 Å². The third-order valence-electron chi connectivity index (χ3n) is 2.84. The number of H-pyrrole nitrogens is 1. The highest BCUT2D eigenvalue weighted by Crippen LogP contribution is 2.22. The molecule has 2 N–H and O–H groups in total. The Labute approximate surface area is 115 Å². The first-order valence-corrected chi connectivity index (χ1v) is 6.86. The number of aromatic nitrogens is 1. The standard InChI is InChI=1S/C14H16N2O2S/c1-8-4-6-11(13(17)15-8)14(18)16-10(3)12-7-5-9(2)19-12/h4-7,10H,1-3H3,(H,15,17)(H,16,18)/t10-/m0/s1. The summed E-state index contributed by atoms with van der Waals surface area (Å²) in [5, 5.41) is 2.84. The number of thiophene rings is 1. The van der Waals surface area contributed by atoms with Gasteiger partial charge in [0, 0.05) is 15.4 Å². The summed E-state index contributed by atoms with van der Waals surface area (Å²) >= 11 is 1.64. The monoisotopic (exact) mass is 276 g/mol. The number of carbonyl (C=O) groups is 1. The second-order valence-electron chi connectivity index (χ2n) is 4.53. The van der Waals surface area contributed by atoms with E-state index in [4.69, 9.17) is 0 Å². The molecule has 4 nitrogen and oxygen atoms in total. The number of nitrogens with one attached hydrogen (secondary N) is 2. The molecular formula is C14H16N2O2S. The summed E-state index contributed by atoms with van der Waals surface area (Å²) < 4.78 is 0. The van der Waals surface area contributed by atoms with Gasteiger partial charge in [0.2, 0.25) is 0 Å². The lowest BCUT2D eigenvalue weighted by Crippen LogP contribution is -2.31. The highest BCUT2D eigenvalue weighted by Gasteiger charge is 2.15. The highest BCUT2D eigenvalue weighted by atomic mass is 32.1. The average Bonchev–Trinajstić information content (AvgIpc) is 2.75. The van der Waals surface area contributed by atoms with Crippen molar-refractivity contribution >= 4 is 17.2 Å². The molecule has 0 bridgehead atoms. The van der Waals surface area contributed by atoms with Crippen molar-refractivity contribution in [3.8, 4) is 0 Å². The lowest BCUT2D eigenvalue weighted by Gasteiger charge is -2.11. The molecule has 5 heteroatoms. The zero-order valence-corrected chi connectivity index (χ0v) is 11.9. The third kappa shape index (κ3) is 3.12. The molecule has 0 aromatic carbocycles. The number of amides is 1. The third-order valence-corrected chi connectivity index (χ3v) is 4.02. The maximum Gasteiger partial charge on any atom is 0.260 e. The van der Waals surface area contributed by atoms with Gasteiger partial charge in [-0.05, 0) is 45.0 Å². The number of hydrogen-bond donors (Lipinski definition) is 2. The Bertz CT molecular complexity index is 657. The van der Waals surface area contributed by atoms with E-state index in [0.717, 1.165) is 10.6 Å². The number of carbonyl (C=O) groups excluding carboxylic acids is 1. The molecule has 2 aromatic heterocycles. The maximum absolute atomic E-state index is 12.0. The Morgan fingerprint density at radius 1 is 1.26 bits per heavy atom. The van der Waals surface area contributed by atoms with Crippen LogP contribution in [0.5, 0.6) is 0 Å². The van der Waals surface area contributed by atoms with Crippen LogP contribution in [-0.2, 0) is 0 Å². The van der Waals surface area contributed by atoms with Crippen molar-refractivity contribution in [2.45, 2.75) is 26.8 Å². The lowest BCUT2D eigenvalue weighted by atomic mass is 10.2. The Kier molecular flexibility index (Phi) is 3.85. The van der Waals surface area contributed by atoms with Gasteiger partial charge in [0.05, 0.1) is 6.04 Å². The normalized spacial score (nSPS) is 12.2. The minimum absolute atomic E-state index is 0.105. The zero-order valence-electron chi connectivity index (χ0n) is 11.1. The van der Waals surface area contributed by atoms with Gasteiger partial charge in [0.25, 0.3) is 11.5 Å². The summed E-state index contributed by atoms with van der Waals surface area (Å²) in [6.45, 7) is 5.71. The fraction of sp³-hybridized carbons (Fsp3) is 0.286. The van der Waals surface area contributed by atoms with Gasteiger partial charge in [-0.15, -0.1) is 11.3 Å². The van der Waals surface area contributed by atoms with Crippen LogP contribution < -0.4 is 10.9 Å². The quantitative estimate of drug-likeness (QED) is 0.905.